The van der Waals surface area contributed by atoms with Gasteiger partial charge in [-0.1, -0.05) is 45.2 Å². The Balaban J connectivity index is 1.33. The molecule has 5 nitrogen and oxygen atoms in total. The first-order chi connectivity index (χ1) is 17.3. The van der Waals surface area contributed by atoms with Gasteiger partial charge >= 0.3 is 0 Å². The van der Waals surface area contributed by atoms with E-state index in [2.05, 4.69) is 11.0 Å². The number of nitrogens with one attached hydrogen (secondary N) is 1. The Hall–Kier alpha value is -2.72. The Morgan fingerprint density at radius 1 is 1.03 bits per heavy atom. The van der Waals surface area contributed by atoms with Crippen LogP contribution in [0, 0.1) is 17.7 Å². The molecule has 1 aromatic carbocycles. The fraction of sp³-hybridized carbons (Fsp3) is 0.600. The van der Waals surface area contributed by atoms with Crippen LogP contribution in [0.15, 0.2) is 35.6 Å². The highest BCUT2D eigenvalue weighted by Gasteiger charge is 2.45. The molecule has 0 spiro atoms. The van der Waals surface area contributed by atoms with E-state index in [1.54, 1.807) is 12.1 Å². The zero-order valence-electron chi connectivity index (χ0n) is 21.4. The highest BCUT2D eigenvalue weighted by molar-refractivity contribution is 5.99. The summed E-state index contributed by atoms with van der Waals surface area (Å²) in [4.78, 5) is 41.2. The summed E-state index contributed by atoms with van der Waals surface area (Å²) in [6.07, 6.45) is 11.0. The van der Waals surface area contributed by atoms with Crippen LogP contribution in [-0.4, -0.2) is 40.6 Å². The first-order valence-electron chi connectivity index (χ1n) is 13.7. The molecule has 2 heterocycles. The van der Waals surface area contributed by atoms with Crippen LogP contribution in [-0.2, 0) is 9.59 Å². The Kier molecular flexibility index (Phi) is 7.16. The maximum atomic E-state index is 15.8. The van der Waals surface area contributed by atoms with Crippen LogP contribution in [0.1, 0.15) is 99.9 Å². The molecule has 4 aliphatic rings. The van der Waals surface area contributed by atoms with Gasteiger partial charge < -0.3 is 10.2 Å². The van der Waals surface area contributed by atoms with Crippen LogP contribution in [0.3, 0.4) is 0 Å². The molecular weight excluding hydrogens is 455 g/mol. The number of carbonyl (C=O) groups is 3. The number of piperidine rings is 1. The molecule has 2 bridgehead atoms. The Morgan fingerprint density at radius 3 is 2.28 bits per heavy atom. The number of amides is 2. The predicted molar refractivity (Wildman–Crippen MR) is 136 cm³/mol. The van der Waals surface area contributed by atoms with Gasteiger partial charge in [0, 0.05) is 24.4 Å². The van der Waals surface area contributed by atoms with Gasteiger partial charge in [-0.3, -0.25) is 14.4 Å². The molecule has 0 radical (unpaired) electrons. The van der Waals surface area contributed by atoms with Gasteiger partial charge in [0.25, 0.3) is 11.8 Å². The maximum absolute atomic E-state index is 15.8. The summed E-state index contributed by atoms with van der Waals surface area (Å²) in [6.45, 7) is 3.71. The molecule has 2 saturated heterocycles. The Morgan fingerprint density at radius 2 is 1.69 bits per heavy atom. The molecule has 5 rings (SSSR count). The number of rotatable bonds is 7. The highest BCUT2D eigenvalue weighted by Crippen LogP contribution is 2.44. The molecule has 192 valence electrons. The van der Waals surface area contributed by atoms with E-state index in [1.165, 1.54) is 6.07 Å². The van der Waals surface area contributed by atoms with Crippen LogP contribution < -0.4 is 5.32 Å². The minimum Gasteiger partial charge on any atom is -0.342 e. The number of nitrogens with zero attached hydrogens (tertiary/aromatic N) is 1. The topological polar surface area (TPSA) is 66.5 Å². The number of halogens is 1. The molecule has 1 aromatic rings. The third-order valence-electron chi connectivity index (χ3n) is 8.80. The van der Waals surface area contributed by atoms with Crippen molar-refractivity contribution in [2.75, 3.05) is 0 Å². The lowest BCUT2D eigenvalue weighted by molar-refractivity contribution is -0.131. The molecule has 1 N–H and O–H groups in total. The fourth-order valence-corrected chi connectivity index (χ4v) is 6.78. The lowest BCUT2D eigenvalue weighted by Gasteiger charge is -2.40. The number of benzene rings is 1. The number of carbonyl (C=O) groups excluding carboxylic acids is 3. The summed E-state index contributed by atoms with van der Waals surface area (Å²) >= 11 is 0. The van der Waals surface area contributed by atoms with E-state index in [0.29, 0.717) is 24.8 Å². The molecule has 2 aliphatic carbocycles. The lowest BCUT2D eigenvalue weighted by atomic mass is 9.80. The van der Waals surface area contributed by atoms with Gasteiger partial charge in [-0.15, -0.1) is 5.73 Å². The fourth-order valence-electron chi connectivity index (χ4n) is 6.78. The molecule has 36 heavy (non-hydrogen) atoms. The number of hydrogen-bond acceptors (Lipinski definition) is 3. The van der Waals surface area contributed by atoms with E-state index < -0.39 is 17.8 Å². The predicted octanol–water partition coefficient (Wildman–Crippen LogP) is 5.45. The van der Waals surface area contributed by atoms with E-state index in [4.69, 9.17) is 0 Å². The quantitative estimate of drug-likeness (QED) is 0.515. The van der Waals surface area contributed by atoms with Crippen molar-refractivity contribution >= 4 is 17.6 Å². The summed E-state index contributed by atoms with van der Waals surface area (Å²) in [5.74, 6) is -0.986. The molecular formula is C30H37FN2O3. The molecule has 2 amide bonds. The van der Waals surface area contributed by atoms with Gasteiger partial charge in [-0.2, -0.15) is 0 Å². The van der Waals surface area contributed by atoms with Crippen LogP contribution in [0.5, 0.6) is 0 Å². The second-order valence-corrected chi connectivity index (χ2v) is 11.4. The third-order valence-corrected chi connectivity index (χ3v) is 8.80. The van der Waals surface area contributed by atoms with Gasteiger partial charge in [-0.25, -0.2) is 4.39 Å². The standard InChI is InChI=1S/C30H37FN2O3/c1-18(2)28(34)27(19-8-4-3-5-9-19)32-29(35)25-13-7-12-24(26(25)31)21-16-22-14-15-23(17-21)33(22)30(36)20-10-6-11-20/h6-7,12-13,18-19,21-23,27H,3-5,8-10,14-17H2,1-2H3,(H,32,35)/t21?,22?,23?,27-/m1/s1. The van der Waals surface area contributed by atoms with E-state index >= 15 is 4.39 Å². The van der Waals surface area contributed by atoms with Crippen molar-refractivity contribution < 1.29 is 18.8 Å². The van der Waals surface area contributed by atoms with Gasteiger partial charge in [0.15, 0.2) is 5.78 Å². The summed E-state index contributed by atoms with van der Waals surface area (Å²) in [5, 5.41) is 2.94. The normalized spacial score (nSPS) is 26.4. The summed E-state index contributed by atoms with van der Waals surface area (Å²) in [6, 6.07) is 4.69. The minimum absolute atomic E-state index is 0.0143. The van der Waals surface area contributed by atoms with Gasteiger partial charge in [0.2, 0.25) is 0 Å². The monoisotopic (exact) mass is 492 g/mol. The highest BCUT2D eigenvalue weighted by atomic mass is 19.1. The second kappa shape index (κ2) is 10.3. The maximum Gasteiger partial charge on any atom is 0.258 e. The van der Waals surface area contributed by atoms with Crippen molar-refractivity contribution in [2.24, 2.45) is 11.8 Å². The number of ketones is 1. The van der Waals surface area contributed by atoms with E-state index in [0.717, 1.165) is 50.5 Å². The smallest absolute Gasteiger partial charge is 0.258 e. The molecule has 2 aliphatic heterocycles. The molecule has 3 atom stereocenters. The molecule has 1 saturated carbocycles. The van der Waals surface area contributed by atoms with E-state index in [9.17, 15) is 14.4 Å². The SMILES string of the molecule is CC(C)C(=O)[C@H](NC(=O)c1cccc(C2CC3CCC(C2)N3C(=O)C2=C=CC2)c1F)C1CCCCC1. The van der Waals surface area contributed by atoms with Crippen molar-refractivity contribution in [2.45, 2.75) is 102 Å². The lowest BCUT2D eigenvalue weighted by Crippen LogP contribution is -2.48. The Labute approximate surface area is 213 Å². The minimum atomic E-state index is -0.569. The van der Waals surface area contributed by atoms with Gasteiger partial charge in [0.05, 0.1) is 17.2 Å². The van der Waals surface area contributed by atoms with Crippen molar-refractivity contribution in [1.29, 1.82) is 0 Å². The summed E-state index contributed by atoms with van der Waals surface area (Å²) < 4.78 is 15.8. The summed E-state index contributed by atoms with van der Waals surface area (Å²) in [5.41, 5.74) is 4.33. The van der Waals surface area contributed by atoms with Gasteiger partial charge in [0.1, 0.15) is 5.82 Å². The number of Topliss-reactive ketones (excluding diaryl/α,β-unsaturated/α-hetero) is 1. The zero-order valence-corrected chi connectivity index (χ0v) is 21.4. The van der Waals surface area contributed by atoms with Crippen LogP contribution in [0.4, 0.5) is 4.39 Å². The first kappa shape index (κ1) is 25.0. The van der Waals surface area contributed by atoms with E-state index in [1.807, 2.05) is 24.8 Å². The van der Waals surface area contributed by atoms with Crippen LogP contribution in [0.25, 0.3) is 0 Å². The zero-order chi connectivity index (χ0) is 25.4. The van der Waals surface area contributed by atoms with Crippen molar-refractivity contribution in [3.8, 4) is 0 Å². The van der Waals surface area contributed by atoms with Crippen molar-refractivity contribution in [3.05, 3.63) is 52.5 Å². The van der Waals surface area contributed by atoms with E-state index in [-0.39, 0.29) is 47.1 Å². The van der Waals surface area contributed by atoms with Gasteiger partial charge in [-0.05, 0) is 68.1 Å². The molecule has 0 aromatic heterocycles. The second-order valence-electron chi connectivity index (χ2n) is 11.4. The molecule has 2 unspecified atom stereocenters. The molecule has 6 heteroatoms. The largest absolute Gasteiger partial charge is 0.342 e. The average Bonchev–Trinajstić information content (AvgIpc) is 3.11. The summed E-state index contributed by atoms with van der Waals surface area (Å²) in [7, 11) is 0. The molecule has 3 fully saturated rings. The van der Waals surface area contributed by atoms with Crippen LogP contribution >= 0.6 is 0 Å². The van der Waals surface area contributed by atoms with Crippen molar-refractivity contribution in [1.82, 2.24) is 10.2 Å². The Bertz CT molecular complexity index is 1100. The third kappa shape index (κ3) is 4.68. The van der Waals surface area contributed by atoms with Crippen molar-refractivity contribution in [3.63, 3.8) is 0 Å². The number of hydrogen-bond donors (Lipinski definition) is 1. The first-order valence-corrected chi connectivity index (χ1v) is 13.7. The average molecular weight is 493 g/mol. The van der Waals surface area contributed by atoms with Crippen LogP contribution in [0.2, 0.25) is 0 Å². The number of fused-ring (bicyclic) bond motifs is 2.